The number of carbonyl (C=O) groups is 3. The molecular weight excluding hydrogens is 276 g/mol. The average Bonchev–Trinajstić information content (AvgIpc) is 2.42. The predicted octanol–water partition coefficient (Wildman–Crippen LogP) is 2.40. The molecule has 6 heteroatoms. The van der Waals surface area contributed by atoms with E-state index < -0.39 is 24.0 Å². The second-order valence-electron chi connectivity index (χ2n) is 5.24. The second-order valence-corrected chi connectivity index (χ2v) is 5.24. The molecule has 0 aliphatic carbocycles. The Labute approximate surface area is 125 Å². The first-order valence-electron chi connectivity index (χ1n) is 7.32. The van der Waals surface area contributed by atoms with Gasteiger partial charge in [0.2, 0.25) is 0 Å². The van der Waals surface area contributed by atoms with Crippen LogP contribution in [0.2, 0.25) is 0 Å². The van der Waals surface area contributed by atoms with Crippen molar-refractivity contribution in [3.63, 3.8) is 0 Å². The molecule has 21 heavy (non-hydrogen) atoms. The van der Waals surface area contributed by atoms with Gasteiger partial charge in [-0.05, 0) is 6.42 Å². The molecule has 4 unspecified atom stereocenters. The van der Waals surface area contributed by atoms with Crippen LogP contribution in [0.4, 0.5) is 0 Å². The van der Waals surface area contributed by atoms with Gasteiger partial charge >= 0.3 is 17.9 Å². The fourth-order valence-electron chi connectivity index (χ4n) is 1.96. The molecule has 0 radical (unpaired) electrons. The van der Waals surface area contributed by atoms with E-state index in [9.17, 15) is 14.4 Å². The average molecular weight is 302 g/mol. The van der Waals surface area contributed by atoms with Gasteiger partial charge in [-0.1, -0.05) is 27.7 Å². The van der Waals surface area contributed by atoms with Crippen molar-refractivity contribution in [2.45, 2.75) is 66.1 Å². The lowest BCUT2D eigenvalue weighted by atomic mass is 9.87. The summed E-state index contributed by atoms with van der Waals surface area (Å²) >= 11 is 0. The third-order valence-electron chi connectivity index (χ3n) is 3.62. The molecule has 0 saturated carbocycles. The fraction of sp³-hybridized carbons (Fsp3) is 0.800. The summed E-state index contributed by atoms with van der Waals surface area (Å²) in [6.07, 6.45) is 0.122. The molecule has 0 aliphatic heterocycles. The quantitative estimate of drug-likeness (QED) is 0.658. The Hall–Kier alpha value is -1.59. The van der Waals surface area contributed by atoms with Crippen LogP contribution in [0.5, 0.6) is 0 Å². The number of hydrogen-bond acceptors (Lipinski definition) is 5. The first kappa shape index (κ1) is 19.4. The minimum atomic E-state index is -0.944. The van der Waals surface area contributed by atoms with Crippen molar-refractivity contribution in [2.24, 2.45) is 11.8 Å². The SMILES string of the molecule is CCC(=O)OC(CC(CC)OC(C)=O)C(C)C(C)C(=O)O. The highest BCUT2D eigenvalue weighted by Crippen LogP contribution is 2.24. The van der Waals surface area contributed by atoms with Crippen molar-refractivity contribution in [1.29, 1.82) is 0 Å². The molecule has 0 spiro atoms. The van der Waals surface area contributed by atoms with Gasteiger partial charge in [-0.3, -0.25) is 14.4 Å². The molecule has 122 valence electrons. The number of hydrogen-bond donors (Lipinski definition) is 1. The van der Waals surface area contributed by atoms with E-state index in [0.29, 0.717) is 12.8 Å². The Balaban J connectivity index is 4.98. The van der Waals surface area contributed by atoms with E-state index >= 15 is 0 Å². The molecule has 6 nitrogen and oxygen atoms in total. The number of rotatable bonds is 9. The summed E-state index contributed by atoms with van der Waals surface area (Å²) in [5.74, 6) is -2.76. The zero-order valence-corrected chi connectivity index (χ0v) is 13.4. The summed E-state index contributed by atoms with van der Waals surface area (Å²) < 4.78 is 10.5. The Morgan fingerprint density at radius 3 is 2.05 bits per heavy atom. The van der Waals surface area contributed by atoms with E-state index in [-0.39, 0.29) is 24.4 Å². The summed E-state index contributed by atoms with van der Waals surface area (Å²) in [4.78, 5) is 33.7. The molecule has 0 fully saturated rings. The topological polar surface area (TPSA) is 89.9 Å². The molecule has 0 aromatic heterocycles. The van der Waals surface area contributed by atoms with E-state index in [0.717, 1.165) is 0 Å². The highest BCUT2D eigenvalue weighted by atomic mass is 16.6. The van der Waals surface area contributed by atoms with Crippen molar-refractivity contribution in [3.8, 4) is 0 Å². The van der Waals surface area contributed by atoms with Gasteiger partial charge in [0.25, 0.3) is 0 Å². The zero-order chi connectivity index (χ0) is 16.6. The van der Waals surface area contributed by atoms with Crippen LogP contribution in [0.1, 0.15) is 53.9 Å². The van der Waals surface area contributed by atoms with Crippen LogP contribution < -0.4 is 0 Å². The van der Waals surface area contributed by atoms with Crippen LogP contribution >= 0.6 is 0 Å². The second kappa shape index (κ2) is 9.37. The van der Waals surface area contributed by atoms with Gasteiger partial charge in [-0.15, -0.1) is 0 Å². The normalized spacial score (nSPS) is 16.4. The third kappa shape index (κ3) is 7.11. The maximum absolute atomic E-state index is 11.5. The number of aliphatic carboxylic acids is 1. The third-order valence-corrected chi connectivity index (χ3v) is 3.62. The molecule has 0 heterocycles. The van der Waals surface area contributed by atoms with Gasteiger partial charge in [-0.2, -0.15) is 0 Å². The summed E-state index contributed by atoms with van der Waals surface area (Å²) in [6, 6.07) is 0. The summed E-state index contributed by atoms with van der Waals surface area (Å²) in [6.45, 7) is 8.16. The zero-order valence-electron chi connectivity index (χ0n) is 13.4. The number of esters is 2. The van der Waals surface area contributed by atoms with Gasteiger partial charge in [0.15, 0.2) is 0 Å². The van der Waals surface area contributed by atoms with Crippen molar-refractivity contribution >= 4 is 17.9 Å². The number of ether oxygens (including phenoxy) is 2. The smallest absolute Gasteiger partial charge is 0.306 e. The van der Waals surface area contributed by atoms with Crippen LogP contribution in [0, 0.1) is 11.8 Å². The van der Waals surface area contributed by atoms with Gasteiger partial charge in [0.1, 0.15) is 12.2 Å². The minimum Gasteiger partial charge on any atom is -0.481 e. The van der Waals surface area contributed by atoms with Gasteiger partial charge in [-0.25, -0.2) is 0 Å². The highest BCUT2D eigenvalue weighted by Gasteiger charge is 2.32. The first-order valence-corrected chi connectivity index (χ1v) is 7.32. The summed E-state index contributed by atoms with van der Waals surface area (Å²) in [7, 11) is 0. The van der Waals surface area contributed by atoms with E-state index in [4.69, 9.17) is 14.6 Å². The largest absolute Gasteiger partial charge is 0.481 e. The molecule has 0 aromatic carbocycles. The van der Waals surface area contributed by atoms with Crippen LogP contribution in [-0.4, -0.2) is 35.2 Å². The van der Waals surface area contributed by atoms with Crippen LogP contribution in [-0.2, 0) is 23.9 Å². The molecule has 0 aromatic rings. The Bertz CT molecular complexity index is 365. The monoisotopic (exact) mass is 302 g/mol. The molecule has 0 aliphatic rings. The van der Waals surface area contributed by atoms with E-state index in [1.807, 2.05) is 6.92 Å². The van der Waals surface area contributed by atoms with E-state index in [2.05, 4.69) is 0 Å². The minimum absolute atomic E-state index is 0.217. The molecule has 0 rings (SSSR count). The Morgan fingerprint density at radius 2 is 1.67 bits per heavy atom. The van der Waals surface area contributed by atoms with Gasteiger partial charge in [0.05, 0.1) is 5.92 Å². The van der Waals surface area contributed by atoms with E-state index in [1.165, 1.54) is 6.92 Å². The molecule has 1 N–H and O–H groups in total. The van der Waals surface area contributed by atoms with Crippen molar-refractivity contribution < 1.29 is 29.0 Å². The summed E-state index contributed by atoms with van der Waals surface area (Å²) in [5.41, 5.74) is 0. The molecular formula is C15H26O6. The standard InChI is InChI=1S/C15H26O6/c1-6-12(20-11(5)16)8-13(21-14(17)7-2)9(3)10(4)15(18)19/h9-10,12-13H,6-8H2,1-5H3,(H,18,19). The maximum Gasteiger partial charge on any atom is 0.306 e. The number of carboxylic acid groups (broad SMARTS) is 1. The highest BCUT2D eigenvalue weighted by molar-refractivity contribution is 5.71. The first-order chi connectivity index (χ1) is 9.72. The van der Waals surface area contributed by atoms with Crippen molar-refractivity contribution in [2.75, 3.05) is 0 Å². The van der Waals surface area contributed by atoms with Crippen LogP contribution in [0.15, 0.2) is 0 Å². The number of carboxylic acids is 1. The molecule has 0 bridgehead atoms. The van der Waals surface area contributed by atoms with Crippen molar-refractivity contribution in [1.82, 2.24) is 0 Å². The van der Waals surface area contributed by atoms with Crippen molar-refractivity contribution in [3.05, 3.63) is 0 Å². The number of carbonyl (C=O) groups excluding carboxylic acids is 2. The van der Waals surface area contributed by atoms with Crippen LogP contribution in [0.25, 0.3) is 0 Å². The lowest BCUT2D eigenvalue weighted by Crippen LogP contribution is -2.36. The van der Waals surface area contributed by atoms with E-state index in [1.54, 1.807) is 20.8 Å². The lowest BCUT2D eigenvalue weighted by Gasteiger charge is -2.29. The van der Waals surface area contributed by atoms with Gasteiger partial charge in [0, 0.05) is 25.7 Å². The summed E-state index contributed by atoms with van der Waals surface area (Å²) in [5, 5.41) is 9.10. The Kier molecular flexibility index (Phi) is 8.66. The molecule has 0 saturated heterocycles. The molecule has 4 atom stereocenters. The van der Waals surface area contributed by atoms with Gasteiger partial charge < -0.3 is 14.6 Å². The van der Waals surface area contributed by atoms with Crippen LogP contribution in [0.3, 0.4) is 0 Å². The molecule has 0 amide bonds. The predicted molar refractivity (Wildman–Crippen MR) is 76.6 cm³/mol. The fourth-order valence-corrected chi connectivity index (χ4v) is 1.96. The Morgan fingerprint density at radius 1 is 1.10 bits per heavy atom. The maximum atomic E-state index is 11.5. The lowest BCUT2D eigenvalue weighted by molar-refractivity contribution is -0.161.